The van der Waals surface area contributed by atoms with E-state index in [0.29, 0.717) is 19.4 Å². The van der Waals surface area contributed by atoms with E-state index < -0.39 is 0 Å². The molecule has 1 aromatic carbocycles. The van der Waals surface area contributed by atoms with Crippen molar-refractivity contribution in [3.63, 3.8) is 0 Å². The van der Waals surface area contributed by atoms with Crippen LogP contribution in [0.4, 0.5) is 0 Å². The molecule has 0 aromatic heterocycles. The standard InChI is InChI=1S/C13H19NO3/c1-14-10-11-5-7-12(8-6-11)17-9-3-4-13(15)16-2/h5-8,14H,3-4,9-10H2,1-2H3. The fourth-order valence-electron chi connectivity index (χ4n) is 1.42. The van der Waals surface area contributed by atoms with Crippen LogP contribution in [-0.2, 0) is 16.1 Å². The maximum absolute atomic E-state index is 10.9. The molecule has 1 N–H and O–H groups in total. The van der Waals surface area contributed by atoms with E-state index in [1.807, 2.05) is 31.3 Å². The summed E-state index contributed by atoms with van der Waals surface area (Å²) in [5.74, 6) is 0.632. The van der Waals surface area contributed by atoms with E-state index >= 15 is 0 Å². The van der Waals surface area contributed by atoms with Gasteiger partial charge in [0.05, 0.1) is 13.7 Å². The number of benzene rings is 1. The summed E-state index contributed by atoms with van der Waals surface area (Å²) in [5.41, 5.74) is 1.22. The Morgan fingerprint density at radius 1 is 1.29 bits per heavy atom. The van der Waals surface area contributed by atoms with Crippen LogP contribution in [0.25, 0.3) is 0 Å². The summed E-state index contributed by atoms with van der Waals surface area (Å²) < 4.78 is 10.0. The monoisotopic (exact) mass is 237 g/mol. The smallest absolute Gasteiger partial charge is 0.305 e. The van der Waals surface area contributed by atoms with Crippen molar-refractivity contribution in [1.29, 1.82) is 0 Å². The molecule has 0 aliphatic carbocycles. The van der Waals surface area contributed by atoms with Crippen LogP contribution >= 0.6 is 0 Å². The van der Waals surface area contributed by atoms with Crippen LogP contribution < -0.4 is 10.1 Å². The molecular formula is C13H19NO3. The molecule has 4 heteroatoms. The van der Waals surface area contributed by atoms with Crippen molar-refractivity contribution in [3.8, 4) is 5.75 Å². The second kappa shape index (κ2) is 7.68. The van der Waals surface area contributed by atoms with Crippen molar-refractivity contribution in [1.82, 2.24) is 5.32 Å². The van der Waals surface area contributed by atoms with Gasteiger partial charge in [-0.05, 0) is 31.2 Å². The number of hydrogen-bond acceptors (Lipinski definition) is 4. The summed E-state index contributed by atoms with van der Waals surface area (Å²) in [4.78, 5) is 10.9. The zero-order valence-corrected chi connectivity index (χ0v) is 10.4. The van der Waals surface area contributed by atoms with Crippen LogP contribution in [0.5, 0.6) is 5.75 Å². The van der Waals surface area contributed by atoms with Gasteiger partial charge in [0, 0.05) is 13.0 Å². The molecule has 0 aliphatic heterocycles. The number of esters is 1. The lowest BCUT2D eigenvalue weighted by molar-refractivity contribution is -0.140. The first-order valence-corrected chi connectivity index (χ1v) is 5.69. The molecule has 4 nitrogen and oxygen atoms in total. The molecule has 1 aromatic rings. The second-order valence-corrected chi connectivity index (χ2v) is 3.70. The second-order valence-electron chi connectivity index (χ2n) is 3.70. The van der Waals surface area contributed by atoms with Gasteiger partial charge < -0.3 is 14.8 Å². The maximum atomic E-state index is 10.9. The quantitative estimate of drug-likeness (QED) is 0.579. The van der Waals surface area contributed by atoms with Crippen LogP contribution in [0, 0.1) is 0 Å². The fraction of sp³-hybridized carbons (Fsp3) is 0.462. The topological polar surface area (TPSA) is 47.6 Å². The number of ether oxygens (including phenoxy) is 2. The zero-order chi connectivity index (χ0) is 12.5. The molecule has 0 saturated heterocycles. The van der Waals surface area contributed by atoms with Gasteiger partial charge >= 0.3 is 5.97 Å². The van der Waals surface area contributed by atoms with Crippen molar-refractivity contribution in [2.45, 2.75) is 19.4 Å². The van der Waals surface area contributed by atoms with Crippen molar-refractivity contribution in [2.24, 2.45) is 0 Å². The van der Waals surface area contributed by atoms with Crippen LogP contribution in [0.2, 0.25) is 0 Å². The van der Waals surface area contributed by atoms with E-state index in [2.05, 4.69) is 10.1 Å². The van der Waals surface area contributed by atoms with Crippen LogP contribution in [0.1, 0.15) is 18.4 Å². The number of rotatable bonds is 7. The third kappa shape index (κ3) is 5.36. The Balaban J connectivity index is 2.25. The molecule has 17 heavy (non-hydrogen) atoms. The summed E-state index contributed by atoms with van der Waals surface area (Å²) in [6.07, 6.45) is 1.07. The normalized spacial score (nSPS) is 10.0. The first-order valence-electron chi connectivity index (χ1n) is 5.69. The van der Waals surface area contributed by atoms with Gasteiger partial charge in [0.25, 0.3) is 0 Å². The Labute approximate surface area is 102 Å². The lowest BCUT2D eigenvalue weighted by Gasteiger charge is -2.06. The van der Waals surface area contributed by atoms with Crippen molar-refractivity contribution in [2.75, 3.05) is 20.8 Å². The maximum Gasteiger partial charge on any atom is 0.305 e. The van der Waals surface area contributed by atoms with E-state index in [9.17, 15) is 4.79 Å². The predicted molar refractivity (Wildman–Crippen MR) is 66.0 cm³/mol. The van der Waals surface area contributed by atoms with E-state index in [4.69, 9.17) is 4.74 Å². The largest absolute Gasteiger partial charge is 0.494 e. The lowest BCUT2D eigenvalue weighted by atomic mass is 10.2. The molecule has 0 spiro atoms. The van der Waals surface area contributed by atoms with Crippen LogP contribution in [0.15, 0.2) is 24.3 Å². The first kappa shape index (κ1) is 13.5. The van der Waals surface area contributed by atoms with E-state index in [-0.39, 0.29) is 5.97 Å². The molecule has 0 heterocycles. The fourth-order valence-corrected chi connectivity index (χ4v) is 1.42. The Kier molecular flexibility index (Phi) is 6.10. The molecular weight excluding hydrogens is 218 g/mol. The molecule has 0 aliphatic rings. The molecule has 0 atom stereocenters. The number of nitrogens with one attached hydrogen (secondary N) is 1. The Morgan fingerprint density at radius 3 is 2.59 bits per heavy atom. The van der Waals surface area contributed by atoms with Gasteiger partial charge in [0.2, 0.25) is 0 Å². The zero-order valence-electron chi connectivity index (χ0n) is 10.4. The van der Waals surface area contributed by atoms with E-state index in [1.54, 1.807) is 0 Å². The molecule has 94 valence electrons. The number of hydrogen-bond donors (Lipinski definition) is 1. The SMILES string of the molecule is CNCc1ccc(OCCCC(=O)OC)cc1. The number of carbonyl (C=O) groups excluding carboxylic acids is 1. The lowest BCUT2D eigenvalue weighted by Crippen LogP contribution is -2.05. The summed E-state index contributed by atoms with van der Waals surface area (Å²) in [7, 11) is 3.31. The molecule has 0 saturated carbocycles. The van der Waals surface area contributed by atoms with Gasteiger partial charge in [-0.1, -0.05) is 12.1 Å². The molecule has 0 radical (unpaired) electrons. The molecule has 0 bridgehead atoms. The third-order valence-electron chi connectivity index (χ3n) is 2.33. The van der Waals surface area contributed by atoms with E-state index in [1.165, 1.54) is 12.7 Å². The molecule has 0 fully saturated rings. The average molecular weight is 237 g/mol. The Bertz CT molecular complexity index is 335. The highest BCUT2D eigenvalue weighted by molar-refractivity contribution is 5.68. The minimum atomic E-state index is -0.196. The van der Waals surface area contributed by atoms with Crippen molar-refractivity contribution < 1.29 is 14.3 Å². The molecule has 1 rings (SSSR count). The van der Waals surface area contributed by atoms with Gasteiger partial charge in [-0.3, -0.25) is 4.79 Å². The molecule has 0 amide bonds. The van der Waals surface area contributed by atoms with Crippen molar-refractivity contribution >= 4 is 5.97 Å². The third-order valence-corrected chi connectivity index (χ3v) is 2.33. The Morgan fingerprint density at radius 2 is 2.00 bits per heavy atom. The van der Waals surface area contributed by atoms with E-state index in [0.717, 1.165) is 12.3 Å². The Hall–Kier alpha value is -1.55. The number of carbonyl (C=O) groups is 1. The first-order chi connectivity index (χ1) is 8.26. The highest BCUT2D eigenvalue weighted by Gasteiger charge is 2.00. The summed E-state index contributed by atoms with van der Waals surface area (Å²) in [5, 5.41) is 3.08. The van der Waals surface area contributed by atoms with Crippen LogP contribution in [-0.4, -0.2) is 26.7 Å². The van der Waals surface area contributed by atoms with Gasteiger partial charge in [0.15, 0.2) is 0 Å². The van der Waals surface area contributed by atoms with Gasteiger partial charge in [0.1, 0.15) is 5.75 Å². The summed E-state index contributed by atoms with van der Waals surface area (Å²) in [6.45, 7) is 1.38. The average Bonchev–Trinajstić information content (AvgIpc) is 2.36. The minimum Gasteiger partial charge on any atom is -0.494 e. The van der Waals surface area contributed by atoms with Gasteiger partial charge in [-0.2, -0.15) is 0 Å². The summed E-state index contributed by atoms with van der Waals surface area (Å²) >= 11 is 0. The highest BCUT2D eigenvalue weighted by atomic mass is 16.5. The molecule has 0 unspecified atom stereocenters. The van der Waals surface area contributed by atoms with Gasteiger partial charge in [-0.15, -0.1) is 0 Å². The minimum absolute atomic E-state index is 0.196. The predicted octanol–water partition coefficient (Wildman–Crippen LogP) is 1.74. The number of methoxy groups -OCH3 is 1. The summed E-state index contributed by atoms with van der Waals surface area (Å²) in [6, 6.07) is 7.91. The highest BCUT2D eigenvalue weighted by Crippen LogP contribution is 2.12. The van der Waals surface area contributed by atoms with Crippen molar-refractivity contribution in [3.05, 3.63) is 29.8 Å². The van der Waals surface area contributed by atoms with Gasteiger partial charge in [-0.25, -0.2) is 0 Å². The van der Waals surface area contributed by atoms with Crippen LogP contribution in [0.3, 0.4) is 0 Å².